The van der Waals surface area contributed by atoms with Crippen molar-refractivity contribution < 1.29 is 4.79 Å². The predicted molar refractivity (Wildman–Crippen MR) is 74.5 cm³/mol. The van der Waals surface area contributed by atoms with Crippen molar-refractivity contribution in [1.82, 2.24) is 5.32 Å². The summed E-state index contributed by atoms with van der Waals surface area (Å²) in [6.07, 6.45) is 4.75. The molecule has 0 bridgehead atoms. The first-order valence-electron chi connectivity index (χ1n) is 7.02. The smallest absolute Gasteiger partial charge is 0.251 e. The first kappa shape index (κ1) is 13.1. The lowest BCUT2D eigenvalue weighted by molar-refractivity contribution is 0.0918. The number of carbonyl (C=O) groups is 1. The Kier molecular flexibility index (Phi) is 4.40. The Labute approximate surface area is 110 Å². The minimum absolute atomic E-state index is 0.0728. The summed E-state index contributed by atoms with van der Waals surface area (Å²) in [4.78, 5) is 12.0. The summed E-state index contributed by atoms with van der Waals surface area (Å²) in [5, 5.41) is 3.16. The maximum absolute atomic E-state index is 12.0. The fourth-order valence-electron chi connectivity index (χ4n) is 2.79. The van der Waals surface area contributed by atoms with E-state index in [-0.39, 0.29) is 5.91 Å². The van der Waals surface area contributed by atoms with Gasteiger partial charge in [0.25, 0.3) is 5.91 Å². The maximum atomic E-state index is 12.0. The standard InChI is InChI=1S/C16H23NO/c1-12(2)13-8-10-15(11-9-13)17-16(18)14-6-4-3-5-7-14/h3-7,12-13,15H,8-11H2,1-2H3,(H,17,18). The third-order valence-corrected chi connectivity index (χ3v) is 4.09. The van der Waals surface area contributed by atoms with Gasteiger partial charge in [-0.25, -0.2) is 0 Å². The van der Waals surface area contributed by atoms with Gasteiger partial charge in [0.1, 0.15) is 0 Å². The van der Waals surface area contributed by atoms with Gasteiger partial charge in [-0.15, -0.1) is 0 Å². The molecule has 1 N–H and O–H groups in total. The van der Waals surface area contributed by atoms with E-state index in [0.717, 1.165) is 30.2 Å². The zero-order valence-electron chi connectivity index (χ0n) is 11.4. The van der Waals surface area contributed by atoms with E-state index in [4.69, 9.17) is 0 Å². The predicted octanol–water partition coefficient (Wildman–Crippen LogP) is 3.63. The van der Waals surface area contributed by atoms with Crippen LogP contribution in [0.15, 0.2) is 30.3 Å². The molecule has 1 aromatic rings. The number of nitrogens with one attached hydrogen (secondary N) is 1. The van der Waals surface area contributed by atoms with Crippen LogP contribution in [0.4, 0.5) is 0 Å². The molecule has 0 spiro atoms. The number of benzene rings is 1. The second-order valence-electron chi connectivity index (χ2n) is 5.70. The number of hydrogen-bond acceptors (Lipinski definition) is 1. The van der Waals surface area contributed by atoms with Crippen LogP contribution in [0.5, 0.6) is 0 Å². The lowest BCUT2D eigenvalue weighted by Gasteiger charge is -2.31. The monoisotopic (exact) mass is 245 g/mol. The van der Waals surface area contributed by atoms with Crippen molar-refractivity contribution in [3.05, 3.63) is 35.9 Å². The van der Waals surface area contributed by atoms with Gasteiger partial charge in [0.2, 0.25) is 0 Å². The van der Waals surface area contributed by atoms with Gasteiger partial charge in [0.15, 0.2) is 0 Å². The van der Waals surface area contributed by atoms with Gasteiger partial charge in [0, 0.05) is 11.6 Å². The largest absolute Gasteiger partial charge is 0.349 e. The fourth-order valence-corrected chi connectivity index (χ4v) is 2.79. The van der Waals surface area contributed by atoms with Crippen LogP contribution in [0.1, 0.15) is 49.9 Å². The van der Waals surface area contributed by atoms with Crippen LogP contribution in [-0.4, -0.2) is 11.9 Å². The van der Waals surface area contributed by atoms with Crippen LogP contribution in [0, 0.1) is 11.8 Å². The maximum Gasteiger partial charge on any atom is 0.251 e. The number of hydrogen-bond donors (Lipinski definition) is 1. The summed E-state index contributed by atoms with van der Waals surface area (Å²) in [5.74, 6) is 1.69. The Bertz CT molecular complexity index is 377. The summed E-state index contributed by atoms with van der Waals surface area (Å²) < 4.78 is 0. The molecule has 1 amide bonds. The van der Waals surface area contributed by atoms with E-state index >= 15 is 0 Å². The van der Waals surface area contributed by atoms with Crippen molar-refractivity contribution in [3.8, 4) is 0 Å². The number of carbonyl (C=O) groups excluding carboxylic acids is 1. The molecule has 1 aliphatic carbocycles. The highest BCUT2D eigenvalue weighted by Crippen LogP contribution is 2.29. The van der Waals surface area contributed by atoms with E-state index in [2.05, 4.69) is 19.2 Å². The van der Waals surface area contributed by atoms with Gasteiger partial charge in [-0.1, -0.05) is 32.0 Å². The van der Waals surface area contributed by atoms with Crippen LogP contribution in [-0.2, 0) is 0 Å². The third-order valence-electron chi connectivity index (χ3n) is 4.09. The Morgan fingerprint density at radius 3 is 2.28 bits per heavy atom. The molecule has 0 radical (unpaired) electrons. The second-order valence-corrected chi connectivity index (χ2v) is 5.70. The molecular formula is C16H23NO. The minimum atomic E-state index is 0.0728. The summed E-state index contributed by atoms with van der Waals surface area (Å²) >= 11 is 0. The number of amides is 1. The molecule has 2 heteroatoms. The molecule has 0 saturated heterocycles. The van der Waals surface area contributed by atoms with Gasteiger partial charge in [0.05, 0.1) is 0 Å². The average Bonchev–Trinajstić information content (AvgIpc) is 2.40. The lowest BCUT2D eigenvalue weighted by atomic mass is 9.79. The van der Waals surface area contributed by atoms with Crippen LogP contribution in [0.2, 0.25) is 0 Å². The summed E-state index contributed by atoms with van der Waals surface area (Å²) in [5.41, 5.74) is 0.767. The van der Waals surface area contributed by atoms with E-state index in [1.807, 2.05) is 30.3 Å². The van der Waals surface area contributed by atoms with Crippen molar-refractivity contribution in [1.29, 1.82) is 0 Å². The van der Waals surface area contributed by atoms with Crippen molar-refractivity contribution in [2.45, 2.75) is 45.6 Å². The Morgan fingerprint density at radius 1 is 1.11 bits per heavy atom. The van der Waals surface area contributed by atoms with Gasteiger partial charge in [-0.05, 0) is 49.7 Å². The summed E-state index contributed by atoms with van der Waals surface area (Å²) in [7, 11) is 0. The zero-order chi connectivity index (χ0) is 13.0. The van der Waals surface area contributed by atoms with Crippen molar-refractivity contribution in [2.24, 2.45) is 11.8 Å². The van der Waals surface area contributed by atoms with E-state index < -0.39 is 0 Å². The van der Waals surface area contributed by atoms with Gasteiger partial charge >= 0.3 is 0 Å². The highest BCUT2D eigenvalue weighted by Gasteiger charge is 2.24. The molecule has 2 nitrogen and oxygen atoms in total. The molecule has 98 valence electrons. The van der Waals surface area contributed by atoms with Crippen LogP contribution in [0.25, 0.3) is 0 Å². The SMILES string of the molecule is CC(C)C1CCC(NC(=O)c2ccccc2)CC1. The zero-order valence-corrected chi connectivity index (χ0v) is 11.4. The van der Waals surface area contributed by atoms with Crippen LogP contribution < -0.4 is 5.32 Å². The third kappa shape index (κ3) is 3.34. The molecule has 0 aromatic heterocycles. The van der Waals surface area contributed by atoms with E-state index in [9.17, 15) is 4.79 Å². The van der Waals surface area contributed by atoms with Crippen molar-refractivity contribution >= 4 is 5.91 Å². The molecule has 1 saturated carbocycles. The van der Waals surface area contributed by atoms with Gasteiger partial charge < -0.3 is 5.32 Å². The Morgan fingerprint density at radius 2 is 1.72 bits per heavy atom. The molecular weight excluding hydrogens is 222 g/mol. The highest BCUT2D eigenvalue weighted by molar-refractivity contribution is 5.94. The first-order chi connectivity index (χ1) is 8.66. The molecule has 0 atom stereocenters. The molecule has 18 heavy (non-hydrogen) atoms. The highest BCUT2D eigenvalue weighted by atomic mass is 16.1. The lowest BCUT2D eigenvalue weighted by Crippen LogP contribution is -2.38. The van der Waals surface area contributed by atoms with Crippen molar-refractivity contribution in [2.75, 3.05) is 0 Å². The number of rotatable bonds is 3. The molecule has 1 fully saturated rings. The molecule has 1 aromatic carbocycles. The van der Waals surface area contributed by atoms with Gasteiger partial charge in [-0.3, -0.25) is 4.79 Å². The molecule has 0 aliphatic heterocycles. The summed E-state index contributed by atoms with van der Waals surface area (Å²) in [6, 6.07) is 9.86. The second kappa shape index (κ2) is 6.03. The van der Waals surface area contributed by atoms with Crippen LogP contribution in [0.3, 0.4) is 0 Å². The van der Waals surface area contributed by atoms with E-state index in [0.29, 0.717) is 6.04 Å². The normalized spacial score (nSPS) is 23.9. The van der Waals surface area contributed by atoms with Crippen LogP contribution >= 0.6 is 0 Å². The molecule has 0 heterocycles. The Hall–Kier alpha value is -1.31. The van der Waals surface area contributed by atoms with Crippen molar-refractivity contribution in [3.63, 3.8) is 0 Å². The average molecular weight is 245 g/mol. The first-order valence-corrected chi connectivity index (χ1v) is 7.02. The van der Waals surface area contributed by atoms with Gasteiger partial charge in [-0.2, -0.15) is 0 Å². The fraction of sp³-hybridized carbons (Fsp3) is 0.562. The Balaban J connectivity index is 1.83. The molecule has 1 aliphatic rings. The molecule has 0 unspecified atom stereocenters. The van der Waals surface area contributed by atoms with E-state index in [1.54, 1.807) is 0 Å². The minimum Gasteiger partial charge on any atom is -0.349 e. The summed E-state index contributed by atoms with van der Waals surface area (Å²) in [6.45, 7) is 4.60. The quantitative estimate of drug-likeness (QED) is 0.865. The topological polar surface area (TPSA) is 29.1 Å². The van der Waals surface area contributed by atoms with E-state index in [1.165, 1.54) is 12.8 Å². The molecule has 2 rings (SSSR count).